The zero-order valence-electron chi connectivity index (χ0n) is 20.1. The molecule has 34 heavy (non-hydrogen) atoms. The van der Waals surface area contributed by atoms with E-state index in [0.29, 0.717) is 38.0 Å². The molecule has 1 aliphatic carbocycles. The van der Waals surface area contributed by atoms with Crippen LogP contribution in [0.4, 0.5) is 4.39 Å². The van der Waals surface area contributed by atoms with Crippen molar-refractivity contribution >= 4 is 22.8 Å². The lowest BCUT2D eigenvalue weighted by molar-refractivity contribution is -0.141. The van der Waals surface area contributed by atoms with Gasteiger partial charge in [-0.1, -0.05) is 45.0 Å². The molecule has 2 N–H and O–H groups in total. The van der Waals surface area contributed by atoms with Crippen LogP contribution >= 0.6 is 0 Å². The Balaban J connectivity index is 1.48. The molecule has 0 fully saturated rings. The second-order valence-electron chi connectivity index (χ2n) is 9.62. The number of rotatable bonds is 8. The maximum absolute atomic E-state index is 14.1. The molecular weight excluding hydrogens is 431 g/mol. The van der Waals surface area contributed by atoms with Crippen LogP contribution in [-0.2, 0) is 28.9 Å². The Morgan fingerprint density at radius 2 is 1.91 bits per heavy atom. The Bertz CT molecular complexity index is 1200. The number of carbonyl (C=O) groups excluding carboxylic acids is 1. The number of aryl methyl sites for hydroxylation is 1. The van der Waals surface area contributed by atoms with Gasteiger partial charge >= 0.3 is 5.97 Å². The van der Waals surface area contributed by atoms with Gasteiger partial charge in [0.25, 0.3) is 0 Å². The highest BCUT2D eigenvalue weighted by Crippen LogP contribution is 2.36. The summed E-state index contributed by atoms with van der Waals surface area (Å²) in [5.41, 5.74) is 5.08. The number of carbonyl (C=O) groups is 2. The van der Waals surface area contributed by atoms with Gasteiger partial charge in [-0.25, -0.2) is 9.18 Å². The predicted octanol–water partition coefficient (Wildman–Crippen LogP) is 5.55. The molecule has 1 aromatic heterocycles. The summed E-state index contributed by atoms with van der Waals surface area (Å²) in [5, 5.41) is 13.7. The summed E-state index contributed by atoms with van der Waals surface area (Å²) in [6.07, 6.45) is 3.50. The summed E-state index contributed by atoms with van der Waals surface area (Å²) >= 11 is 0. The number of fused-ring (bicyclic) bond motifs is 3. The van der Waals surface area contributed by atoms with Gasteiger partial charge in [0.1, 0.15) is 11.9 Å². The van der Waals surface area contributed by atoms with Gasteiger partial charge < -0.3 is 15.0 Å². The Labute approximate surface area is 200 Å². The topological polar surface area (TPSA) is 71.3 Å². The molecule has 1 amide bonds. The maximum Gasteiger partial charge on any atom is 0.326 e. The third-order valence-corrected chi connectivity index (χ3v) is 7.00. The summed E-state index contributed by atoms with van der Waals surface area (Å²) in [7, 11) is 0. The molecule has 2 atom stereocenters. The molecule has 0 bridgehead atoms. The molecule has 180 valence electrons. The van der Waals surface area contributed by atoms with Crippen molar-refractivity contribution in [3.05, 3.63) is 70.7 Å². The molecule has 3 aromatic rings. The smallest absolute Gasteiger partial charge is 0.326 e. The standard InChI is InChI=1S/C28H33FN2O3/c1-4-24(28(33)34)31-25-12-10-20(29)15-22(25)23-16-21(11-13-26(23)31)30-27(32)14-7-18-5-8-19(9-6-18)17(2)3/h5-6,8-10,12,15,17,21,24H,4,7,11,13-14,16H2,1-3H3,(H,30,32)(H,33,34). The van der Waals surface area contributed by atoms with Gasteiger partial charge in [-0.15, -0.1) is 0 Å². The van der Waals surface area contributed by atoms with Crippen LogP contribution in [0.3, 0.4) is 0 Å². The number of amides is 1. The van der Waals surface area contributed by atoms with Crippen LogP contribution in [0.5, 0.6) is 0 Å². The number of nitrogens with one attached hydrogen (secondary N) is 1. The van der Waals surface area contributed by atoms with Gasteiger partial charge in [0.2, 0.25) is 5.91 Å². The molecule has 0 spiro atoms. The van der Waals surface area contributed by atoms with Crippen LogP contribution in [-0.4, -0.2) is 27.6 Å². The molecule has 1 aliphatic rings. The molecular formula is C28H33FN2O3. The number of aromatic nitrogens is 1. The summed E-state index contributed by atoms with van der Waals surface area (Å²) in [6.45, 7) is 6.17. The minimum atomic E-state index is -0.886. The van der Waals surface area contributed by atoms with Crippen LogP contribution in [0.15, 0.2) is 42.5 Å². The van der Waals surface area contributed by atoms with Gasteiger partial charge in [-0.05, 0) is 72.9 Å². The van der Waals surface area contributed by atoms with E-state index in [-0.39, 0.29) is 17.8 Å². The number of carboxylic acid groups (broad SMARTS) is 1. The van der Waals surface area contributed by atoms with E-state index in [2.05, 4.69) is 43.4 Å². The largest absolute Gasteiger partial charge is 0.480 e. The Morgan fingerprint density at radius 3 is 2.56 bits per heavy atom. The van der Waals surface area contributed by atoms with Crippen molar-refractivity contribution in [3.8, 4) is 0 Å². The molecule has 6 heteroatoms. The zero-order valence-corrected chi connectivity index (χ0v) is 20.1. The zero-order chi connectivity index (χ0) is 24.4. The molecule has 4 rings (SSSR count). The number of halogens is 1. The van der Waals surface area contributed by atoms with Crippen LogP contribution in [0, 0.1) is 5.82 Å². The molecule has 2 unspecified atom stereocenters. The van der Waals surface area contributed by atoms with E-state index in [0.717, 1.165) is 34.1 Å². The first-order valence-corrected chi connectivity index (χ1v) is 12.2. The Hall–Kier alpha value is -3.15. The maximum atomic E-state index is 14.1. The quantitative estimate of drug-likeness (QED) is 0.459. The molecule has 1 heterocycles. The van der Waals surface area contributed by atoms with Crippen LogP contribution in [0.2, 0.25) is 0 Å². The van der Waals surface area contributed by atoms with Crippen LogP contribution in [0.1, 0.15) is 74.4 Å². The minimum absolute atomic E-state index is 0.00766. The van der Waals surface area contributed by atoms with E-state index in [9.17, 15) is 19.1 Å². The number of benzene rings is 2. The number of carboxylic acids is 1. The van der Waals surface area contributed by atoms with Gasteiger partial charge in [-0.2, -0.15) is 0 Å². The minimum Gasteiger partial charge on any atom is -0.480 e. The SMILES string of the molecule is CCC(C(=O)O)n1c2c(c3cc(F)ccc31)CC(NC(=O)CCc1ccc(C(C)C)cc1)CC2. The van der Waals surface area contributed by atoms with Gasteiger partial charge in [0.15, 0.2) is 0 Å². The van der Waals surface area contributed by atoms with Crippen molar-refractivity contribution in [3.63, 3.8) is 0 Å². The van der Waals surface area contributed by atoms with E-state index in [1.54, 1.807) is 6.07 Å². The monoisotopic (exact) mass is 464 g/mol. The summed E-state index contributed by atoms with van der Waals surface area (Å²) in [4.78, 5) is 24.6. The van der Waals surface area contributed by atoms with Gasteiger partial charge in [-0.3, -0.25) is 4.79 Å². The third-order valence-electron chi connectivity index (χ3n) is 7.00. The van der Waals surface area contributed by atoms with Crippen molar-refractivity contribution < 1.29 is 19.1 Å². The summed E-state index contributed by atoms with van der Waals surface area (Å²) in [6, 6.07) is 12.2. The summed E-state index contributed by atoms with van der Waals surface area (Å²) < 4.78 is 16.0. The van der Waals surface area contributed by atoms with E-state index < -0.39 is 12.0 Å². The molecule has 0 saturated carbocycles. The first kappa shape index (κ1) is 24.0. The lowest BCUT2D eigenvalue weighted by Gasteiger charge is -2.26. The highest BCUT2D eigenvalue weighted by atomic mass is 19.1. The highest BCUT2D eigenvalue weighted by Gasteiger charge is 2.30. The van der Waals surface area contributed by atoms with Crippen LogP contribution < -0.4 is 5.32 Å². The molecule has 5 nitrogen and oxygen atoms in total. The molecule has 2 aromatic carbocycles. The van der Waals surface area contributed by atoms with Gasteiger partial charge in [0, 0.05) is 29.1 Å². The van der Waals surface area contributed by atoms with E-state index in [1.807, 2.05) is 11.5 Å². The summed E-state index contributed by atoms with van der Waals surface area (Å²) in [5.74, 6) is -0.738. The van der Waals surface area contributed by atoms with Crippen molar-refractivity contribution in [2.75, 3.05) is 0 Å². The van der Waals surface area contributed by atoms with Crippen molar-refractivity contribution in [1.82, 2.24) is 9.88 Å². The Kier molecular flexibility index (Phi) is 7.05. The van der Waals surface area contributed by atoms with Crippen molar-refractivity contribution in [2.45, 2.75) is 77.3 Å². The first-order chi connectivity index (χ1) is 16.3. The fraction of sp³-hybridized carbons (Fsp3) is 0.429. The average Bonchev–Trinajstić information content (AvgIpc) is 3.11. The fourth-order valence-corrected chi connectivity index (χ4v) is 5.14. The van der Waals surface area contributed by atoms with E-state index in [4.69, 9.17) is 0 Å². The predicted molar refractivity (Wildman–Crippen MR) is 132 cm³/mol. The number of hydrogen-bond donors (Lipinski definition) is 2. The molecule has 0 radical (unpaired) electrons. The normalized spacial score (nSPS) is 16.4. The molecule has 0 saturated heterocycles. The van der Waals surface area contributed by atoms with Crippen molar-refractivity contribution in [1.29, 1.82) is 0 Å². The second kappa shape index (κ2) is 10.00. The number of nitrogens with zero attached hydrogens (tertiary/aromatic N) is 1. The average molecular weight is 465 g/mol. The van der Waals surface area contributed by atoms with E-state index in [1.165, 1.54) is 17.7 Å². The lowest BCUT2D eigenvalue weighted by Crippen LogP contribution is -2.39. The fourth-order valence-electron chi connectivity index (χ4n) is 5.14. The number of hydrogen-bond acceptors (Lipinski definition) is 2. The second-order valence-corrected chi connectivity index (χ2v) is 9.62. The van der Waals surface area contributed by atoms with E-state index >= 15 is 0 Å². The van der Waals surface area contributed by atoms with Crippen molar-refractivity contribution in [2.24, 2.45) is 0 Å². The van der Waals surface area contributed by atoms with Crippen LogP contribution in [0.25, 0.3) is 10.9 Å². The van der Waals surface area contributed by atoms with Gasteiger partial charge in [0.05, 0.1) is 0 Å². The first-order valence-electron chi connectivity index (χ1n) is 12.2. The lowest BCUT2D eigenvalue weighted by atomic mass is 9.91. The highest BCUT2D eigenvalue weighted by molar-refractivity contribution is 5.88. The Morgan fingerprint density at radius 1 is 1.18 bits per heavy atom. The molecule has 0 aliphatic heterocycles. The number of aliphatic carboxylic acids is 1. The third kappa shape index (κ3) is 4.86.